The summed E-state index contributed by atoms with van der Waals surface area (Å²) in [6.07, 6.45) is 4.00. The normalized spacial score (nSPS) is 16.3. The number of benzene rings is 1. The van der Waals surface area contributed by atoms with Gasteiger partial charge >= 0.3 is 5.97 Å². The van der Waals surface area contributed by atoms with E-state index < -0.39 is 5.97 Å². The highest BCUT2D eigenvalue weighted by atomic mass is 19.1. The van der Waals surface area contributed by atoms with E-state index in [4.69, 9.17) is 4.42 Å². The number of halogens is 1. The first-order valence-electron chi connectivity index (χ1n) is 9.47. The second-order valence-electron chi connectivity index (χ2n) is 7.39. The Morgan fingerprint density at radius 1 is 1.41 bits per heavy atom. The van der Waals surface area contributed by atoms with Crippen LogP contribution in [0.3, 0.4) is 0 Å². The van der Waals surface area contributed by atoms with Crippen molar-refractivity contribution in [2.24, 2.45) is 0 Å². The summed E-state index contributed by atoms with van der Waals surface area (Å²) in [5.74, 6) is -1.22. The fourth-order valence-corrected chi connectivity index (χ4v) is 4.28. The Balaban J connectivity index is 1.50. The Kier molecular flexibility index (Phi) is 4.01. The fourth-order valence-electron chi connectivity index (χ4n) is 4.28. The van der Waals surface area contributed by atoms with Crippen LogP contribution in [0.25, 0.3) is 22.1 Å². The molecule has 0 radical (unpaired) electrons. The summed E-state index contributed by atoms with van der Waals surface area (Å²) >= 11 is 0. The molecule has 148 valence electrons. The number of carboxylic acids is 1. The molecule has 7 nitrogen and oxygen atoms in total. The Morgan fingerprint density at radius 2 is 2.28 bits per heavy atom. The fraction of sp³-hybridized carbons (Fsp3) is 0.286. The van der Waals surface area contributed by atoms with Crippen LogP contribution in [0.5, 0.6) is 0 Å². The van der Waals surface area contributed by atoms with E-state index in [1.807, 2.05) is 28.6 Å². The molecule has 0 spiro atoms. The van der Waals surface area contributed by atoms with Gasteiger partial charge in [-0.3, -0.25) is 9.78 Å². The maximum Gasteiger partial charge on any atom is 0.323 e. The predicted molar refractivity (Wildman–Crippen MR) is 106 cm³/mol. The number of likely N-dealkylation sites (N-methyl/N-ethyl adjacent to an activating group) is 1. The van der Waals surface area contributed by atoms with Crippen molar-refractivity contribution >= 4 is 34.1 Å². The first-order valence-corrected chi connectivity index (χ1v) is 9.47. The zero-order chi connectivity index (χ0) is 20.1. The average Bonchev–Trinajstić information content (AvgIpc) is 3.26. The Labute approximate surface area is 165 Å². The third kappa shape index (κ3) is 2.91. The monoisotopic (exact) mass is 394 g/mol. The van der Waals surface area contributed by atoms with Gasteiger partial charge in [0.05, 0.1) is 11.0 Å². The number of nitrogens with zero attached hydrogens (tertiary/aromatic N) is 4. The molecule has 0 saturated heterocycles. The molecule has 0 fully saturated rings. The minimum absolute atomic E-state index is 0.0747. The number of hydrogen-bond acceptors (Lipinski definition) is 5. The van der Waals surface area contributed by atoms with Gasteiger partial charge in [-0.05, 0) is 43.5 Å². The van der Waals surface area contributed by atoms with E-state index in [0.29, 0.717) is 23.5 Å². The Morgan fingerprint density at radius 3 is 3.10 bits per heavy atom. The molecular formula is C21H19FN4O3. The second-order valence-corrected chi connectivity index (χ2v) is 7.39. The number of rotatable bonds is 4. The van der Waals surface area contributed by atoms with Crippen molar-refractivity contribution in [2.45, 2.75) is 31.8 Å². The summed E-state index contributed by atoms with van der Waals surface area (Å²) in [5.41, 5.74) is 4.84. The lowest BCUT2D eigenvalue weighted by Gasteiger charge is -2.30. The van der Waals surface area contributed by atoms with E-state index in [9.17, 15) is 14.3 Å². The molecule has 3 aromatic heterocycles. The number of pyridine rings is 1. The number of aromatic nitrogens is 3. The van der Waals surface area contributed by atoms with Gasteiger partial charge in [0.1, 0.15) is 17.9 Å². The van der Waals surface area contributed by atoms with E-state index in [1.54, 1.807) is 12.3 Å². The highest BCUT2D eigenvalue weighted by molar-refractivity contribution is 5.83. The molecule has 1 N–H and O–H groups in total. The van der Waals surface area contributed by atoms with Gasteiger partial charge in [0, 0.05) is 36.6 Å². The van der Waals surface area contributed by atoms with Gasteiger partial charge in [-0.15, -0.1) is 0 Å². The maximum atomic E-state index is 13.5. The number of aliphatic carboxylic acids is 1. The van der Waals surface area contributed by atoms with Crippen molar-refractivity contribution < 1.29 is 18.7 Å². The van der Waals surface area contributed by atoms with Crippen LogP contribution in [0.15, 0.2) is 40.9 Å². The van der Waals surface area contributed by atoms with Gasteiger partial charge in [0.15, 0.2) is 5.58 Å². The molecule has 0 bridgehead atoms. The zero-order valence-electron chi connectivity index (χ0n) is 15.8. The van der Waals surface area contributed by atoms with Crippen molar-refractivity contribution in [2.75, 3.05) is 11.9 Å². The van der Waals surface area contributed by atoms with E-state index in [0.717, 1.165) is 35.1 Å². The Hall–Kier alpha value is -3.42. The topological polar surface area (TPSA) is 84.4 Å². The van der Waals surface area contributed by atoms with Crippen LogP contribution in [0, 0.1) is 5.82 Å². The SMILES string of the molecule is CN(c1nc2cc(F)ccc2o1)[C@H]1CCc2c(c3ncccc3n2CC(=O)O)C1. The molecule has 0 amide bonds. The number of oxazole rings is 1. The van der Waals surface area contributed by atoms with Crippen LogP contribution < -0.4 is 4.90 Å². The van der Waals surface area contributed by atoms with Gasteiger partial charge in [-0.25, -0.2) is 4.39 Å². The molecule has 8 heteroatoms. The molecule has 1 aliphatic rings. The highest BCUT2D eigenvalue weighted by Crippen LogP contribution is 2.34. The minimum Gasteiger partial charge on any atom is -0.480 e. The molecule has 29 heavy (non-hydrogen) atoms. The lowest BCUT2D eigenvalue weighted by molar-refractivity contribution is -0.137. The van der Waals surface area contributed by atoms with E-state index in [1.165, 1.54) is 12.1 Å². The number of anilines is 1. The molecule has 3 heterocycles. The third-order valence-corrected chi connectivity index (χ3v) is 5.67. The van der Waals surface area contributed by atoms with Crippen LogP contribution in [-0.4, -0.2) is 38.7 Å². The Bertz CT molecular complexity index is 1250. The zero-order valence-corrected chi connectivity index (χ0v) is 15.8. The number of hydrogen-bond donors (Lipinski definition) is 1. The van der Waals surface area contributed by atoms with Crippen LogP contribution in [-0.2, 0) is 24.2 Å². The molecule has 0 aliphatic heterocycles. The van der Waals surface area contributed by atoms with Crippen LogP contribution in [0.4, 0.5) is 10.4 Å². The number of carbonyl (C=O) groups is 1. The van der Waals surface area contributed by atoms with E-state index >= 15 is 0 Å². The van der Waals surface area contributed by atoms with Crippen molar-refractivity contribution in [3.05, 3.63) is 53.6 Å². The third-order valence-electron chi connectivity index (χ3n) is 5.67. The lowest BCUT2D eigenvalue weighted by atomic mass is 9.92. The van der Waals surface area contributed by atoms with Crippen molar-refractivity contribution in [3.8, 4) is 0 Å². The molecule has 0 unspecified atom stereocenters. The summed E-state index contributed by atoms with van der Waals surface area (Å²) in [4.78, 5) is 22.3. The molecule has 4 aromatic rings. The molecule has 1 aliphatic carbocycles. The number of fused-ring (bicyclic) bond motifs is 4. The standard InChI is InChI=1S/C21H19FN4O3/c1-25(21-24-15-9-12(22)4-7-18(15)29-21)13-5-6-16-14(10-13)20-17(3-2-8-23-20)26(16)11-19(27)28/h2-4,7-9,13H,5-6,10-11H2,1H3,(H,27,28)/t13-/m0/s1. The summed E-state index contributed by atoms with van der Waals surface area (Å²) < 4.78 is 21.1. The number of carboxylic acid groups (broad SMARTS) is 1. The van der Waals surface area contributed by atoms with Crippen molar-refractivity contribution in [1.82, 2.24) is 14.5 Å². The van der Waals surface area contributed by atoms with Gasteiger partial charge in [0.25, 0.3) is 6.01 Å². The summed E-state index contributed by atoms with van der Waals surface area (Å²) in [7, 11) is 1.92. The molecule has 1 aromatic carbocycles. The summed E-state index contributed by atoms with van der Waals surface area (Å²) in [6, 6.07) is 8.60. The van der Waals surface area contributed by atoms with E-state index in [-0.39, 0.29) is 18.4 Å². The molecular weight excluding hydrogens is 375 g/mol. The van der Waals surface area contributed by atoms with Gasteiger partial charge in [-0.2, -0.15) is 4.98 Å². The lowest BCUT2D eigenvalue weighted by Crippen LogP contribution is -2.37. The van der Waals surface area contributed by atoms with Crippen LogP contribution in [0.2, 0.25) is 0 Å². The van der Waals surface area contributed by atoms with E-state index in [2.05, 4.69) is 9.97 Å². The summed E-state index contributed by atoms with van der Waals surface area (Å²) in [5, 5.41) is 9.33. The molecule has 1 atom stereocenters. The second kappa shape index (κ2) is 6.58. The van der Waals surface area contributed by atoms with Crippen LogP contribution >= 0.6 is 0 Å². The molecule has 5 rings (SSSR count). The van der Waals surface area contributed by atoms with Gasteiger partial charge in [0.2, 0.25) is 0 Å². The first kappa shape index (κ1) is 17.7. The largest absolute Gasteiger partial charge is 0.480 e. The quantitative estimate of drug-likeness (QED) is 0.571. The smallest absolute Gasteiger partial charge is 0.323 e. The first-order chi connectivity index (χ1) is 14.0. The van der Waals surface area contributed by atoms with Crippen LogP contribution in [0.1, 0.15) is 17.7 Å². The summed E-state index contributed by atoms with van der Waals surface area (Å²) in [6.45, 7) is -0.0747. The molecule has 0 saturated carbocycles. The van der Waals surface area contributed by atoms with Gasteiger partial charge in [-0.1, -0.05) is 0 Å². The average molecular weight is 394 g/mol. The predicted octanol–water partition coefficient (Wildman–Crippen LogP) is 3.39. The minimum atomic E-state index is -0.869. The van der Waals surface area contributed by atoms with Gasteiger partial charge < -0.3 is 19.0 Å². The van der Waals surface area contributed by atoms with Crippen molar-refractivity contribution in [3.63, 3.8) is 0 Å². The highest BCUT2D eigenvalue weighted by Gasteiger charge is 2.30. The maximum absolute atomic E-state index is 13.5. The van der Waals surface area contributed by atoms with Crippen molar-refractivity contribution in [1.29, 1.82) is 0 Å².